The number of ether oxygens (including phenoxy) is 1. The van der Waals surface area contributed by atoms with Crippen molar-refractivity contribution in [2.45, 2.75) is 25.9 Å². The number of carbonyl (C=O) groups excluding carboxylic acids is 2. The van der Waals surface area contributed by atoms with Gasteiger partial charge in [-0.05, 0) is 26.0 Å². The van der Waals surface area contributed by atoms with Crippen LogP contribution in [0.2, 0.25) is 0 Å². The first-order valence-corrected chi connectivity index (χ1v) is 7.96. The van der Waals surface area contributed by atoms with Crippen molar-refractivity contribution in [2.24, 2.45) is 0 Å². The summed E-state index contributed by atoms with van der Waals surface area (Å²) in [4.78, 5) is 28.5. The number of hydrogen-bond donors (Lipinski definition) is 1. The van der Waals surface area contributed by atoms with E-state index in [9.17, 15) is 9.59 Å². The molecule has 126 valence electrons. The molecule has 23 heavy (non-hydrogen) atoms. The highest BCUT2D eigenvalue weighted by molar-refractivity contribution is 5.88. The Morgan fingerprint density at radius 3 is 2.57 bits per heavy atom. The van der Waals surface area contributed by atoms with E-state index in [0.29, 0.717) is 24.9 Å². The second-order valence-electron chi connectivity index (χ2n) is 5.91. The van der Waals surface area contributed by atoms with E-state index in [2.05, 4.69) is 24.1 Å². The van der Waals surface area contributed by atoms with Crippen molar-refractivity contribution in [1.82, 2.24) is 15.1 Å². The number of likely N-dealkylation sites (N-methyl/N-ethyl adjacent to an activating group) is 1. The minimum Gasteiger partial charge on any atom is -0.484 e. The van der Waals surface area contributed by atoms with Crippen molar-refractivity contribution >= 4 is 11.8 Å². The number of carbonyl (C=O) groups is 2. The molecule has 1 saturated heterocycles. The van der Waals surface area contributed by atoms with Crippen LogP contribution in [0.5, 0.6) is 5.75 Å². The van der Waals surface area contributed by atoms with Crippen molar-refractivity contribution in [3.8, 4) is 5.75 Å². The maximum Gasteiger partial charge on any atom is 0.261 e. The molecule has 0 aromatic heterocycles. The van der Waals surface area contributed by atoms with E-state index >= 15 is 0 Å². The molecular formula is C17H25N3O3. The third-order valence-corrected chi connectivity index (χ3v) is 4.12. The summed E-state index contributed by atoms with van der Waals surface area (Å²) >= 11 is 0. The molecule has 1 aliphatic rings. The van der Waals surface area contributed by atoms with E-state index < -0.39 is 6.04 Å². The number of benzene rings is 1. The Morgan fingerprint density at radius 2 is 1.96 bits per heavy atom. The lowest BCUT2D eigenvalue weighted by molar-refractivity contribution is -0.145. The zero-order valence-corrected chi connectivity index (χ0v) is 14.0. The van der Waals surface area contributed by atoms with Crippen molar-refractivity contribution in [2.75, 3.05) is 33.3 Å². The SMILES string of the molecule is CNC(=O)[C@H]1CN(C(C)C)CCN1C(=O)COc1ccccc1. The molecule has 1 atom stereocenters. The number of nitrogens with one attached hydrogen (secondary N) is 1. The van der Waals surface area contributed by atoms with E-state index in [1.165, 1.54) is 0 Å². The van der Waals surface area contributed by atoms with Gasteiger partial charge in [0.2, 0.25) is 5.91 Å². The summed E-state index contributed by atoms with van der Waals surface area (Å²) in [5.74, 6) is 0.354. The summed E-state index contributed by atoms with van der Waals surface area (Å²) in [5.41, 5.74) is 0. The quantitative estimate of drug-likeness (QED) is 0.869. The second kappa shape index (κ2) is 7.97. The number of rotatable bonds is 5. The fraction of sp³-hybridized carbons (Fsp3) is 0.529. The maximum atomic E-state index is 12.5. The molecular weight excluding hydrogens is 294 g/mol. The van der Waals surface area contributed by atoms with Gasteiger partial charge in [0.05, 0.1) is 0 Å². The first-order valence-electron chi connectivity index (χ1n) is 7.96. The van der Waals surface area contributed by atoms with Gasteiger partial charge >= 0.3 is 0 Å². The number of amides is 2. The van der Waals surface area contributed by atoms with Crippen molar-refractivity contribution < 1.29 is 14.3 Å². The molecule has 6 heteroatoms. The molecule has 1 aromatic rings. The molecule has 1 aromatic carbocycles. The minimum absolute atomic E-state index is 0.0564. The predicted molar refractivity (Wildman–Crippen MR) is 88.2 cm³/mol. The average Bonchev–Trinajstić information content (AvgIpc) is 2.59. The molecule has 0 radical (unpaired) electrons. The first-order chi connectivity index (χ1) is 11.0. The molecule has 0 bridgehead atoms. The van der Waals surface area contributed by atoms with Gasteiger partial charge < -0.3 is 15.0 Å². The number of nitrogens with zero attached hydrogens (tertiary/aromatic N) is 2. The monoisotopic (exact) mass is 319 g/mol. The molecule has 1 fully saturated rings. The van der Waals surface area contributed by atoms with Crippen LogP contribution in [0.1, 0.15) is 13.8 Å². The van der Waals surface area contributed by atoms with Gasteiger partial charge in [-0.2, -0.15) is 0 Å². The third kappa shape index (κ3) is 4.45. The molecule has 1 heterocycles. The van der Waals surface area contributed by atoms with Gasteiger partial charge in [0, 0.05) is 32.7 Å². The Bertz CT molecular complexity index is 533. The van der Waals surface area contributed by atoms with E-state index in [-0.39, 0.29) is 18.4 Å². The van der Waals surface area contributed by atoms with Gasteiger partial charge in [-0.1, -0.05) is 18.2 Å². The lowest BCUT2D eigenvalue weighted by Crippen LogP contribution is -2.62. The average molecular weight is 319 g/mol. The van der Waals surface area contributed by atoms with Crippen molar-refractivity contribution in [3.63, 3.8) is 0 Å². The van der Waals surface area contributed by atoms with Gasteiger partial charge in [-0.15, -0.1) is 0 Å². The summed E-state index contributed by atoms with van der Waals surface area (Å²) in [6, 6.07) is 9.09. The molecule has 6 nitrogen and oxygen atoms in total. The summed E-state index contributed by atoms with van der Waals surface area (Å²) < 4.78 is 5.52. The summed E-state index contributed by atoms with van der Waals surface area (Å²) in [6.07, 6.45) is 0. The van der Waals surface area contributed by atoms with Gasteiger partial charge in [0.25, 0.3) is 5.91 Å². The Kier molecular flexibility index (Phi) is 5.98. The summed E-state index contributed by atoms with van der Waals surface area (Å²) in [7, 11) is 1.60. The molecule has 0 saturated carbocycles. The van der Waals surface area contributed by atoms with Gasteiger partial charge in [-0.3, -0.25) is 14.5 Å². The van der Waals surface area contributed by atoms with E-state index in [4.69, 9.17) is 4.74 Å². The Hall–Kier alpha value is -2.08. The minimum atomic E-state index is -0.469. The van der Waals surface area contributed by atoms with Gasteiger partial charge in [-0.25, -0.2) is 0 Å². The van der Waals surface area contributed by atoms with Crippen LogP contribution < -0.4 is 10.1 Å². The highest BCUT2D eigenvalue weighted by Gasteiger charge is 2.35. The van der Waals surface area contributed by atoms with Crippen LogP contribution in [0, 0.1) is 0 Å². The van der Waals surface area contributed by atoms with Gasteiger partial charge in [0.1, 0.15) is 11.8 Å². The molecule has 0 unspecified atom stereocenters. The van der Waals surface area contributed by atoms with Crippen LogP contribution in [-0.4, -0.2) is 67.0 Å². The zero-order chi connectivity index (χ0) is 16.8. The molecule has 2 rings (SSSR count). The van der Waals surface area contributed by atoms with E-state index in [0.717, 1.165) is 6.54 Å². The molecule has 1 aliphatic heterocycles. The smallest absolute Gasteiger partial charge is 0.261 e. The topological polar surface area (TPSA) is 61.9 Å². The maximum absolute atomic E-state index is 12.5. The Labute approximate surface area is 137 Å². The van der Waals surface area contributed by atoms with Crippen molar-refractivity contribution in [1.29, 1.82) is 0 Å². The second-order valence-corrected chi connectivity index (χ2v) is 5.91. The zero-order valence-electron chi connectivity index (χ0n) is 14.0. The number of piperazine rings is 1. The third-order valence-electron chi connectivity index (χ3n) is 4.12. The van der Waals surface area contributed by atoms with Crippen LogP contribution in [-0.2, 0) is 9.59 Å². The lowest BCUT2D eigenvalue weighted by atomic mass is 10.1. The normalized spacial score (nSPS) is 18.8. The van der Waals surface area contributed by atoms with Crippen LogP contribution >= 0.6 is 0 Å². The largest absolute Gasteiger partial charge is 0.484 e. The lowest BCUT2D eigenvalue weighted by Gasteiger charge is -2.42. The summed E-state index contributed by atoms with van der Waals surface area (Å²) in [5, 5.41) is 2.65. The predicted octanol–water partition coefficient (Wildman–Crippen LogP) is 0.733. The fourth-order valence-electron chi connectivity index (χ4n) is 2.71. The number of hydrogen-bond acceptors (Lipinski definition) is 4. The summed E-state index contributed by atoms with van der Waals surface area (Å²) in [6.45, 7) is 5.98. The molecule has 0 spiro atoms. The molecule has 2 amide bonds. The molecule has 0 aliphatic carbocycles. The fourth-order valence-corrected chi connectivity index (χ4v) is 2.71. The van der Waals surface area contributed by atoms with Crippen LogP contribution in [0.3, 0.4) is 0 Å². The Balaban J connectivity index is 2.00. The van der Waals surface area contributed by atoms with Crippen LogP contribution in [0.4, 0.5) is 0 Å². The Morgan fingerprint density at radius 1 is 1.26 bits per heavy atom. The molecule has 1 N–H and O–H groups in total. The highest BCUT2D eigenvalue weighted by atomic mass is 16.5. The standard InChI is InChI=1S/C17H25N3O3/c1-13(2)19-9-10-20(15(11-19)17(22)18-3)16(21)12-23-14-7-5-4-6-8-14/h4-8,13,15H,9-12H2,1-3H3,(H,18,22)/t15-/m1/s1. The van der Waals surface area contributed by atoms with E-state index in [1.54, 1.807) is 24.1 Å². The van der Waals surface area contributed by atoms with Crippen molar-refractivity contribution in [3.05, 3.63) is 30.3 Å². The van der Waals surface area contributed by atoms with E-state index in [1.807, 2.05) is 18.2 Å². The van der Waals surface area contributed by atoms with Crippen LogP contribution in [0.15, 0.2) is 30.3 Å². The highest BCUT2D eigenvalue weighted by Crippen LogP contribution is 2.14. The van der Waals surface area contributed by atoms with Crippen LogP contribution in [0.25, 0.3) is 0 Å². The first kappa shape index (κ1) is 17.3. The number of para-hydroxylation sites is 1. The van der Waals surface area contributed by atoms with Gasteiger partial charge in [0.15, 0.2) is 6.61 Å².